The van der Waals surface area contributed by atoms with Crippen LogP contribution in [0.15, 0.2) is 72.6 Å². The number of ketones is 1. The Labute approximate surface area is 214 Å². The largest absolute Gasteiger partial charge is 0.507 e. The molecule has 3 aromatic rings. The average molecular weight is 507 g/mol. The Morgan fingerprint density at radius 3 is 2.61 bits per heavy atom. The van der Waals surface area contributed by atoms with Crippen molar-refractivity contribution in [3.05, 3.63) is 94.3 Å². The summed E-state index contributed by atoms with van der Waals surface area (Å²) in [6.07, 6.45) is 3.27. The molecule has 1 amide bonds. The second-order valence-electron chi connectivity index (χ2n) is 8.91. The number of benzene rings is 2. The first kappa shape index (κ1) is 25.3. The summed E-state index contributed by atoms with van der Waals surface area (Å²) in [6, 6.07) is 14.7. The van der Waals surface area contributed by atoms with Gasteiger partial charge in [0.15, 0.2) is 0 Å². The van der Waals surface area contributed by atoms with Crippen molar-refractivity contribution < 1.29 is 24.2 Å². The number of amides is 1. The molecule has 0 radical (unpaired) electrons. The number of methoxy groups -OCH3 is 1. The summed E-state index contributed by atoms with van der Waals surface area (Å²) >= 11 is 6.38. The number of aromatic nitrogens is 1. The van der Waals surface area contributed by atoms with E-state index in [0.29, 0.717) is 29.6 Å². The summed E-state index contributed by atoms with van der Waals surface area (Å²) in [6.45, 7) is 4.73. The quantitative estimate of drug-likeness (QED) is 0.250. The molecule has 8 heteroatoms. The fourth-order valence-electron chi connectivity index (χ4n) is 4.07. The summed E-state index contributed by atoms with van der Waals surface area (Å²) in [7, 11) is 1.49. The zero-order valence-electron chi connectivity index (χ0n) is 20.3. The van der Waals surface area contributed by atoms with E-state index in [0.717, 1.165) is 5.56 Å². The third-order valence-corrected chi connectivity index (χ3v) is 6.13. The van der Waals surface area contributed by atoms with Gasteiger partial charge in [0.05, 0.1) is 30.4 Å². The van der Waals surface area contributed by atoms with Crippen LogP contribution in [0.1, 0.15) is 36.6 Å². The first-order valence-electron chi connectivity index (χ1n) is 11.5. The lowest BCUT2D eigenvalue weighted by atomic mass is 9.95. The lowest BCUT2D eigenvalue weighted by Crippen LogP contribution is -2.29. The number of nitrogens with zero attached hydrogens (tertiary/aromatic N) is 2. The van der Waals surface area contributed by atoms with Crippen LogP contribution >= 0.6 is 11.6 Å². The van der Waals surface area contributed by atoms with E-state index in [-0.39, 0.29) is 28.5 Å². The molecule has 1 aliphatic heterocycles. The van der Waals surface area contributed by atoms with Crippen molar-refractivity contribution in [1.82, 2.24) is 9.88 Å². The molecule has 0 spiro atoms. The lowest BCUT2D eigenvalue weighted by Gasteiger charge is -2.26. The molecule has 4 rings (SSSR count). The third kappa shape index (κ3) is 5.21. The van der Waals surface area contributed by atoms with Crippen LogP contribution in [0.25, 0.3) is 5.76 Å². The molecule has 1 fully saturated rings. The van der Waals surface area contributed by atoms with Gasteiger partial charge in [0.25, 0.3) is 11.7 Å². The number of hydrogen-bond donors (Lipinski definition) is 1. The van der Waals surface area contributed by atoms with Crippen LogP contribution in [0.4, 0.5) is 0 Å². The number of pyridine rings is 1. The van der Waals surface area contributed by atoms with E-state index in [1.807, 2.05) is 26.0 Å². The van der Waals surface area contributed by atoms with Crippen molar-refractivity contribution in [2.75, 3.05) is 13.7 Å². The molecule has 0 saturated carbocycles. The second-order valence-corrected chi connectivity index (χ2v) is 9.32. The van der Waals surface area contributed by atoms with Crippen molar-refractivity contribution in [2.45, 2.75) is 26.4 Å². The SMILES string of the molecule is COc1ccc(Cl)c(/C(O)=C2\C(=O)C(=O)N(Cc3cccnc3)C2c2cccc(OCC(C)C)c2)c1. The van der Waals surface area contributed by atoms with Crippen molar-refractivity contribution in [2.24, 2.45) is 5.92 Å². The maximum Gasteiger partial charge on any atom is 0.295 e. The molecular weight excluding hydrogens is 480 g/mol. The number of carbonyl (C=O) groups is 2. The highest BCUT2D eigenvalue weighted by Gasteiger charge is 2.46. The minimum absolute atomic E-state index is 0.0555. The van der Waals surface area contributed by atoms with Gasteiger partial charge >= 0.3 is 0 Å². The summed E-state index contributed by atoms with van der Waals surface area (Å²) in [5, 5.41) is 11.6. The van der Waals surface area contributed by atoms with Gasteiger partial charge in [-0.15, -0.1) is 0 Å². The van der Waals surface area contributed by atoms with E-state index < -0.39 is 17.7 Å². The Hall–Kier alpha value is -3.84. The predicted octanol–water partition coefficient (Wildman–Crippen LogP) is 5.40. The Kier molecular flexibility index (Phi) is 7.60. The maximum atomic E-state index is 13.3. The summed E-state index contributed by atoms with van der Waals surface area (Å²) in [5.41, 5.74) is 1.52. The highest BCUT2D eigenvalue weighted by atomic mass is 35.5. The van der Waals surface area contributed by atoms with Gasteiger partial charge in [-0.3, -0.25) is 14.6 Å². The van der Waals surface area contributed by atoms with Crippen LogP contribution in [-0.4, -0.2) is 40.4 Å². The number of likely N-dealkylation sites (tertiary alicyclic amines) is 1. The van der Waals surface area contributed by atoms with E-state index in [4.69, 9.17) is 21.1 Å². The molecule has 1 saturated heterocycles. The van der Waals surface area contributed by atoms with Crippen LogP contribution in [0.2, 0.25) is 5.02 Å². The first-order chi connectivity index (χ1) is 17.3. The van der Waals surface area contributed by atoms with Crippen LogP contribution in [-0.2, 0) is 16.1 Å². The number of aliphatic hydroxyl groups excluding tert-OH is 1. The molecule has 186 valence electrons. The summed E-state index contributed by atoms with van der Waals surface area (Å²) in [5.74, 6) is -0.519. The van der Waals surface area contributed by atoms with Crippen molar-refractivity contribution in [1.29, 1.82) is 0 Å². The Balaban J connectivity index is 1.86. The molecule has 1 aromatic heterocycles. The molecule has 0 aliphatic carbocycles. The molecule has 36 heavy (non-hydrogen) atoms. The number of rotatable bonds is 8. The number of aliphatic hydroxyl groups is 1. The van der Waals surface area contributed by atoms with Gasteiger partial charge < -0.3 is 19.5 Å². The van der Waals surface area contributed by atoms with Gasteiger partial charge in [-0.1, -0.05) is 43.6 Å². The molecule has 1 atom stereocenters. The number of Topliss-reactive ketones (excluding diaryl/α,β-unsaturated/α-hetero) is 1. The summed E-state index contributed by atoms with van der Waals surface area (Å²) < 4.78 is 11.2. The Morgan fingerprint density at radius 2 is 1.92 bits per heavy atom. The van der Waals surface area contributed by atoms with Crippen molar-refractivity contribution in [3.63, 3.8) is 0 Å². The minimum atomic E-state index is -0.866. The van der Waals surface area contributed by atoms with E-state index in [1.54, 1.807) is 48.8 Å². The van der Waals surface area contributed by atoms with Gasteiger partial charge in [-0.2, -0.15) is 0 Å². The van der Waals surface area contributed by atoms with E-state index >= 15 is 0 Å². The fraction of sp³-hybridized carbons (Fsp3) is 0.250. The highest BCUT2D eigenvalue weighted by molar-refractivity contribution is 6.47. The molecule has 0 bridgehead atoms. The number of halogens is 1. The second kappa shape index (κ2) is 10.8. The minimum Gasteiger partial charge on any atom is -0.507 e. The fourth-order valence-corrected chi connectivity index (χ4v) is 4.28. The highest BCUT2D eigenvalue weighted by Crippen LogP contribution is 2.42. The first-order valence-corrected chi connectivity index (χ1v) is 11.9. The molecule has 7 nitrogen and oxygen atoms in total. The molecule has 1 aliphatic rings. The zero-order valence-corrected chi connectivity index (χ0v) is 21.0. The standard InChI is InChI=1S/C28H27ClN2O5/c1-17(2)16-36-21-8-4-7-19(12-21)25-24(26(32)22-13-20(35-3)9-10-23(22)29)27(33)28(34)31(25)15-18-6-5-11-30-14-18/h4-14,17,25,32H,15-16H2,1-3H3/b26-24+. The van der Waals surface area contributed by atoms with E-state index in [2.05, 4.69) is 4.98 Å². The van der Waals surface area contributed by atoms with Crippen LogP contribution < -0.4 is 9.47 Å². The molecule has 1 unspecified atom stereocenters. The Bertz CT molecular complexity index is 1310. The predicted molar refractivity (Wildman–Crippen MR) is 137 cm³/mol. The third-order valence-electron chi connectivity index (χ3n) is 5.80. The van der Waals surface area contributed by atoms with Gasteiger partial charge in [-0.25, -0.2) is 0 Å². The number of carbonyl (C=O) groups excluding carboxylic acids is 2. The van der Waals surface area contributed by atoms with Crippen LogP contribution in [0.5, 0.6) is 11.5 Å². The Morgan fingerprint density at radius 1 is 1.11 bits per heavy atom. The normalized spacial score (nSPS) is 17.0. The van der Waals surface area contributed by atoms with E-state index in [9.17, 15) is 14.7 Å². The average Bonchev–Trinajstić information content (AvgIpc) is 3.13. The lowest BCUT2D eigenvalue weighted by molar-refractivity contribution is -0.140. The molecule has 2 aromatic carbocycles. The monoisotopic (exact) mass is 506 g/mol. The topological polar surface area (TPSA) is 89.0 Å². The molecular formula is C28H27ClN2O5. The van der Waals surface area contributed by atoms with Gasteiger partial charge in [-0.05, 0) is 53.4 Å². The van der Waals surface area contributed by atoms with Gasteiger partial charge in [0.2, 0.25) is 0 Å². The van der Waals surface area contributed by atoms with Crippen molar-refractivity contribution in [3.8, 4) is 11.5 Å². The zero-order chi connectivity index (χ0) is 25.8. The smallest absolute Gasteiger partial charge is 0.295 e. The van der Waals surface area contributed by atoms with Crippen LogP contribution in [0.3, 0.4) is 0 Å². The molecule has 1 N–H and O–H groups in total. The maximum absolute atomic E-state index is 13.3. The van der Waals surface area contributed by atoms with Crippen molar-refractivity contribution >= 4 is 29.1 Å². The summed E-state index contributed by atoms with van der Waals surface area (Å²) in [4.78, 5) is 32.2. The van der Waals surface area contributed by atoms with Gasteiger partial charge in [0, 0.05) is 24.5 Å². The van der Waals surface area contributed by atoms with E-state index in [1.165, 1.54) is 18.1 Å². The number of hydrogen-bond acceptors (Lipinski definition) is 6. The number of ether oxygens (including phenoxy) is 2. The van der Waals surface area contributed by atoms with Gasteiger partial charge in [0.1, 0.15) is 17.3 Å². The molecule has 2 heterocycles. The van der Waals surface area contributed by atoms with Crippen LogP contribution in [0, 0.1) is 5.92 Å².